The predicted octanol–water partition coefficient (Wildman–Crippen LogP) is 2.30. The molecule has 0 atom stereocenters. The van der Waals surface area contributed by atoms with E-state index < -0.39 is 0 Å². The van der Waals surface area contributed by atoms with Gasteiger partial charge in [-0.25, -0.2) is 0 Å². The third-order valence-electron chi connectivity index (χ3n) is 2.46. The Bertz CT molecular complexity index is 547. The highest BCUT2D eigenvalue weighted by Crippen LogP contribution is 2.26. The minimum Gasteiger partial charge on any atom is -0.289 e. The van der Waals surface area contributed by atoms with Crippen LogP contribution in [-0.2, 0) is 0 Å². The second-order valence-electron chi connectivity index (χ2n) is 3.31. The molecule has 1 aromatic rings. The van der Waals surface area contributed by atoms with Crippen molar-refractivity contribution < 1.29 is 9.59 Å². The monoisotopic (exact) mass is 198 g/mol. The van der Waals surface area contributed by atoms with E-state index in [2.05, 4.69) is 4.85 Å². The summed E-state index contributed by atoms with van der Waals surface area (Å²) < 4.78 is 0. The van der Waals surface area contributed by atoms with E-state index >= 15 is 0 Å². The van der Waals surface area contributed by atoms with Gasteiger partial charge in [-0.15, -0.1) is 0 Å². The van der Waals surface area contributed by atoms with E-state index in [1.54, 1.807) is 31.2 Å². The van der Waals surface area contributed by atoms with Crippen LogP contribution in [0, 0.1) is 6.57 Å². The molecule has 1 aliphatic rings. The van der Waals surface area contributed by atoms with Crippen LogP contribution in [0.3, 0.4) is 0 Å². The Hall–Kier alpha value is -2.21. The molecule has 0 bridgehead atoms. The van der Waals surface area contributed by atoms with Crippen LogP contribution in [-0.4, -0.2) is 11.6 Å². The van der Waals surface area contributed by atoms with Gasteiger partial charge in [-0.3, -0.25) is 9.59 Å². The Morgan fingerprint density at radius 2 is 1.60 bits per heavy atom. The third kappa shape index (κ3) is 1.19. The second-order valence-corrected chi connectivity index (χ2v) is 3.31. The Morgan fingerprint density at radius 3 is 2.13 bits per heavy atom. The summed E-state index contributed by atoms with van der Waals surface area (Å²) in [6.07, 6.45) is 0. The molecule has 0 amide bonds. The predicted molar refractivity (Wildman–Crippen MR) is 56.1 cm³/mol. The molecule has 2 rings (SSSR count). The standard InChI is InChI=1S/C12H8NO2/c1-7-10(13-2)12(15)9-6-4-3-5-8(9)11(7)14/h2-6H,1H3/q+1. The van der Waals surface area contributed by atoms with Crippen molar-refractivity contribution in [2.75, 3.05) is 0 Å². The molecule has 1 aromatic carbocycles. The molecular formula is C12H8NO2+. The molecule has 0 spiro atoms. The lowest BCUT2D eigenvalue weighted by Gasteiger charge is -2.09. The number of rotatable bonds is 0. The summed E-state index contributed by atoms with van der Waals surface area (Å²) in [7, 11) is 0. The summed E-state index contributed by atoms with van der Waals surface area (Å²) >= 11 is 0. The van der Waals surface area contributed by atoms with Crippen LogP contribution in [0.5, 0.6) is 0 Å². The lowest BCUT2D eigenvalue weighted by Crippen LogP contribution is -2.19. The number of ketones is 2. The fourth-order valence-corrected chi connectivity index (χ4v) is 1.64. The molecule has 0 aliphatic heterocycles. The van der Waals surface area contributed by atoms with Crippen LogP contribution in [0.25, 0.3) is 4.85 Å². The molecule has 1 aliphatic carbocycles. The van der Waals surface area contributed by atoms with Crippen molar-refractivity contribution in [2.45, 2.75) is 6.92 Å². The zero-order valence-corrected chi connectivity index (χ0v) is 8.15. The van der Waals surface area contributed by atoms with Crippen molar-refractivity contribution in [3.63, 3.8) is 0 Å². The minimum atomic E-state index is -0.287. The van der Waals surface area contributed by atoms with Crippen LogP contribution in [0.2, 0.25) is 0 Å². The number of hydrogen-bond acceptors (Lipinski definition) is 2. The van der Waals surface area contributed by atoms with Crippen LogP contribution < -0.4 is 0 Å². The molecule has 3 heteroatoms. The molecule has 3 nitrogen and oxygen atoms in total. The van der Waals surface area contributed by atoms with E-state index in [1.165, 1.54) is 0 Å². The van der Waals surface area contributed by atoms with Gasteiger partial charge in [-0.1, -0.05) is 18.2 Å². The number of carbonyl (C=O) groups is 2. The number of allylic oxidation sites excluding steroid dienone is 2. The van der Waals surface area contributed by atoms with Gasteiger partial charge in [0, 0.05) is 11.1 Å². The largest absolute Gasteiger partial charge is 0.393 e. The summed E-state index contributed by atoms with van der Waals surface area (Å²) in [5.41, 5.74) is 1.16. The number of benzene rings is 1. The Balaban J connectivity index is 2.75. The molecule has 0 saturated carbocycles. The van der Waals surface area contributed by atoms with Gasteiger partial charge in [0.15, 0.2) is 5.78 Å². The highest BCUT2D eigenvalue weighted by atomic mass is 16.1. The first-order chi connectivity index (χ1) is 7.16. The molecule has 0 fully saturated rings. The first-order valence-electron chi connectivity index (χ1n) is 4.47. The van der Waals surface area contributed by atoms with E-state index in [1.807, 2.05) is 0 Å². The Morgan fingerprint density at radius 1 is 1.07 bits per heavy atom. The van der Waals surface area contributed by atoms with Crippen molar-refractivity contribution in [1.29, 1.82) is 0 Å². The minimum absolute atomic E-state index is 0.0544. The van der Waals surface area contributed by atoms with Crippen LogP contribution in [0.4, 0.5) is 0 Å². The number of hydrogen-bond donors (Lipinski definition) is 0. The lowest BCUT2D eigenvalue weighted by molar-refractivity contribution is 0.0977. The fraction of sp³-hybridized carbons (Fsp3) is 0.0833. The summed E-state index contributed by atoms with van der Waals surface area (Å²) in [5.74, 6) is -0.473. The molecule has 0 aromatic heterocycles. The fourth-order valence-electron chi connectivity index (χ4n) is 1.64. The first-order valence-corrected chi connectivity index (χ1v) is 4.47. The molecule has 0 N–H and O–H groups in total. The van der Waals surface area contributed by atoms with Gasteiger partial charge < -0.3 is 0 Å². The highest BCUT2D eigenvalue weighted by molar-refractivity contribution is 6.27. The van der Waals surface area contributed by atoms with Gasteiger partial charge >= 0.3 is 5.70 Å². The first kappa shape index (κ1) is 9.35. The van der Waals surface area contributed by atoms with Crippen molar-refractivity contribution in [3.05, 3.63) is 51.5 Å². The zero-order valence-electron chi connectivity index (χ0n) is 8.15. The second kappa shape index (κ2) is 3.18. The van der Waals surface area contributed by atoms with Gasteiger partial charge in [-0.05, 0) is 17.8 Å². The van der Waals surface area contributed by atoms with Gasteiger partial charge in [0.25, 0.3) is 12.4 Å². The van der Waals surface area contributed by atoms with Gasteiger partial charge in [-0.2, -0.15) is 0 Å². The maximum atomic E-state index is 11.8. The van der Waals surface area contributed by atoms with E-state index in [0.717, 1.165) is 0 Å². The summed E-state index contributed by atoms with van der Waals surface area (Å²) in [4.78, 5) is 27.0. The van der Waals surface area contributed by atoms with Crippen LogP contribution in [0.1, 0.15) is 27.6 Å². The van der Waals surface area contributed by atoms with Crippen molar-refractivity contribution in [3.8, 4) is 6.57 Å². The van der Waals surface area contributed by atoms with E-state index in [4.69, 9.17) is 6.57 Å². The normalized spacial score (nSPS) is 14.9. The van der Waals surface area contributed by atoms with Crippen LogP contribution in [0.15, 0.2) is 35.5 Å². The zero-order chi connectivity index (χ0) is 11.0. The van der Waals surface area contributed by atoms with Crippen LogP contribution >= 0.6 is 0 Å². The maximum Gasteiger partial charge on any atom is 0.393 e. The average Bonchev–Trinajstić information content (AvgIpc) is 2.27. The lowest BCUT2D eigenvalue weighted by atomic mass is 9.88. The molecule has 72 valence electrons. The molecule has 15 heavy (non-hydrogen) atoms. The van der Waals surface area contributed by atoms with Crippen molar-refractivity contribution in [2.24, 2.45) is 0 Å². The third-order valence-corrected chi connectivity index (χ3v) is 2.46. The Kier molecular flexibility index (Phi) is 1.98. The molecule has 0 radical (unpaired) electrons. The topological polar surface area (TPSA) is 38.5 Å². The number of Topliss-reactive ketones (excluding diaryl/α,β-unsaturated/α-hetero) is 2. The van der Waals surface area contributed by atoms with Gasteiger partial charge in [0.05, 0.1) is 5.57 Å². The highest BCUT2D eigenvalue weighted by Gasteiger charge is 2.36. The van der Waals surface area contributed by atoms with Gasteiger partial charge in [0.1, 0.15) is 0 Å². The molecule has 0 saturated heterocycles. The average molecular weight is 198 g/mol. The maximum absolute atomic E-state index is 11.8. The Labute approximate surface area is 86.9 Å². The quantitative estimate of drug-likeness (QED) is 0.641. The summed E-state index contributed by atoms with van der Waals surface area (Å²) in [6, 6.07) is 6.67. The van der Waals surface area contributed by atoms with Crippen molar-refractivity contribution >= 4 is 11.6 Å². The van der Waals surface area contributed by atoms with Crippen molar-refractivity contribution in [1.82, 2.24) is 0 Å². The number of nitrogens with zero attached hydrogens (tertiary/aromatic N) is 1. The molecule has 0 unspecified atom stereocenters. The van der Waals surface area contributed by atoms with Gasteiger partial charge in [0.2, 0.25) is 0 Å². The number of carbonyl (C=O) groups excluding carboxylic acids is 2. The SMILES string of the molecule is C#[N+]C1=C(C)C(=O)c2ccccc2C1=O. The van der Waals surface area contributed by atoms with E-state index in [9.17, 15) is 9.59 Å². The summed E-state index contributed by atoms with van der Waals surface area (Å²) in [5, 5.41) is 0. The van der Waals surface area contributed by atoms with E-state index in [-0.39, 0.29) is 17.3 Å². The molecule has 0 heterocycles. The number of fused-ring (bicyclic) bond motifs is 1. The molecular weight excluding hydrogens is 190 g/mol. The summed E-state index contributed by atoms with van der Waals surface area (Å²) in [6.45, 7) is 6.65. The van der Waals surface area contributed by atoms with E-state index in [0.29, 0.717) is 16.7 Å². The smallest absolute Gasteiger partial charge is 0.289 e.